The van der Waals surface area contributed by atoms with Gasteiger partial charge in [0, 0.05) is 38.9 Å². The van der Waals surface area contributed by atoms with Crippen LogP contribution in [0.3, 0.4) is 0 Å². The number of anilines is 1. The highest BCUT2D eigenvalue weighted by Gasteiger charge is 2.30. The van der Waals surface area contributed by atoms with E-state index in [4.69, 9.17) is 0 Å². The van der Waals surface area contributed by atoms with Crippen LogP contribution in [-0.4, -0.2) is 56.9 Å². The van der Waals surface area contributed by atoms with Gasteiger partial charge in [0.05, 0.1) is 5.56 Å². The molecule has 1 saturated heterocycles. The van der Waals surface area contributed by atoms with Crippen molar-refractivity contribution < 1.29 is 26.4 Å². The first kappa shape index (κ1) is 20.5. The number of benzene rings is 1. The summed E-state index contributed by atoms with van der Waals surface area (Å²) >= 11 is 0. The van der Waals surface area contributed by atoms with Gasteiger partial charge in [0.1, 0.15) is 0 Å². The highest BCUT2D eigenvalue weighted by atomic mass is 32.2. The van der Waals surface area contributed by atoms with Gasteiger partial charge in [-0.2, -0.15) is 30.6 Å². The van der Waals surface area contributed by atoms with Crippen molar-refractivity contribution in [2.24, 2.45) is 0 Å². The summed E-state index contributed by atoms with van der Waals surface area (Å²) in [5.41, 5.74) is -0.525. The van der Waals surface area contributed by atoms with Crippen LogP contribution in [0.15, 0.2) is 24.3 Å². The number of nitrogens with zero attached hydrogens (tertiary/aromatic N) is 2. The topological polar surface area (TPSA) is 81.8 Å². The van der Waals surface area contributed by atoms with Crippen molar-refractivity contribution in [3.63, 3.8) is 0 Å². The van der Waals surface area contributed by atoms with Crippen LogP contribution in [0.4, 0.5) is 23.7 Å². The van der Waals surface area contributed by atoms with Gasteiger partial charge in [-0.3, -0.25) is 0 Å². The van der Waals surface area contributed by atoms with Gasteiger partial charge in [-0.1, -0.05) is 0 Å². The van der Waals surface area contributed by atoms with Crippen molar-refractivity contribution >= 4 is 21.9 Å². The molecule has 0 radical (unpaired) electrons. The van der Waals surface area contributed by atoms with E-state index < -0.39 is 28.0 Å². The van der Waals surface area contributed by atoms with Gasteiger partial charge < -0.3 is 10.2 Å². The Hall–Kier alpha value is -1.85. The largest absolute Gasteiger partial charge is 0.416 e. The van der Waals surface area contributed by atoms with Crippen LogP contribution in [0.5, 0.6) is 0 Å². The van der Waals surface area contributed by atoms with Gasteiger partial charge in [-0.25, -0.2) is 4.79 Å². The molecule has 0 aromatic heterocycles. The quantitative estimate of drug-likeness (QED) is 0.821. The van der Waals surface area contributed by atoms with E-state index >= 15 is 0 Å². The van der Waals surface area contributed by atoms with E-state index in [2.05, 4.69) is 10.0 Å². The zero-order valence-corrected chi connectivity index (χ0v) is 15.2. The second-order valence-electron chi connectivity index (χ2n) is 6.17. The van der Waals surface area contributed by atoms with E-state index in [1.807, 2.05) is 0 Å². The number of nitrogens with one attached hydrogen (secondary N) is 2. The Morgan fingerprint density at radius 2 is 1.69 bits per heavy atom. The van der Waals surface area contributed by atoms with E-state index in [0.717, 1.165) is 16.4 Å². The molecular weight excluding hydrogens is 373 g/mol. The Balaban J connectivity index is 1.87. The molecule has 1 aliphatic heterocycles. The maximum absolute atomic E-state index is 12.5. The third-order valence-electron chi connectivity index (χ3n) is 4.04. The van der Waals surface area contributed by atoms with Crippen LogP contribution in [0.1, 0.15) is 18.4 Å². The second-order valence-corrected chi connectivity index (χ2v) is 8.09. The summed E-state index contributed by atoms with van der Waals surface area (Å²) in [6, 6.07) is 3.49. The molecule has 7 nitrogen and oxygen atoms in total. The molecule has 2 amide bonds. The lowest BCUT2D eigenvalue weighted by Gasteiger charge is -2.32. The predicted molar refractivity (Wildman–Crippen MR) is 90.8 cm³/mol. The van der Waals surface area contributed by atoms with E-state index in [1.165, 1.54) is 31.1 Å². The number of amides is 2. The predicted octanol–water partition coefficient (Wildman–Crippen LogP) is 2.10. The molecule has 0 spiro atoms. The third kappa shape index (κ3) is 5.32. The van der Waals surface area contributed by atoms with Gasteiger partial charge >= 0.3 is 12.2 Å². The summed E-state index contributed by atoms with van der Waals surface area (Å²) in [4.78, 5) is 13.7. The number of carbonyl (C=O) groups is 1. The zero-order chi connectivity index (χ0) is 19.5. The fourth-order valence-electron chi connectivity index (χ4n) is 2.46. The molecule has 1 fully saturated rings. The van der Waals surface area contributed by atoms with E-state index in [1.54, 1.807) is 0 Å². The molecule has 0 saturated carbocycles. The Morgan fingerprint density at radius 1 is 1.15 bits per heavy atom. The Bertz CT molecular complexity index is 727. The molecule has 26 heavy (non-hydrogen) atoms. The third-order valence-corrected chi connectivity index (χ3v) is 5.63. The highest BCUT2D eigenvalue weighted by Crippen LogP contribution is 2.29. The molecule has 146 valence electrons. The number of halogens is 3. The normalized spacial score (nSPS) is 16.8. The van der Waals surface area contributed by atoms with Gasteiger partial charge in [-0.15, -0.1) is 0 Å². The fraction of sp³-hybridized carbons (Fsp3) is 0.533. The van der Waals surface area contributed by atoms with Crippen molar-refractivity contribution in [1.29, 1.82) is 0 Å². The highest BCUT2D eigenvalue weighted by molar-refractivity contribution is 7.87. The minimum Gasteiger partial charge on any atom is -0.324 e. The zero-order valence-electron chi connectivity index (χ0n) is 14.4. The molecule has 0 unspecified atom stereocenters. The first-order valence-corrected chi connectivity index (χ1v) is 9.36. The molecule has 1 heterocycles. The molecule has 2 rings (SSSR count). The Kier molecular flexibility index (Phi) is 6.14. The average molecular weight is 394 g/mol. The van der Waals surface area contributed by atoms with Crippen molar-refractivity contribution in [3.8, 4) is 0 Å². The first-order chi connectivity index (χ1) is 12.0. The smallest absolute Gasteiger partial charge is 0.324 e. The average Bonchev–Trinajstić information content (AvgIpc) is 2.54. The molecular formula is C15H21F3N4O3S. The molecule has 1 aromatic rings. The van der Waals surface area contributed by atoms with Crippen molar-refractivity contribution in [3.05, 3.63) is 29.8 Å². The number of likely N-dealkylation sites (tertiary alicyclic amines) is 1. The Labute approximate surface area is 150 Å². The number of hydrogen-bond donors (Lipinski definition) is 2. The maximum Gasteiger partial charge on any atom is 0.416 e. The molecule has 11 heteroatoms. The van der Waals surface area contributed by atoms with Gasteiger partial charge in [0.25, 0.3) is 10.2 Å². The lowest BCUT2D eigenvalue weighted by atomic mass is 10.1. The van der Waals surface area contributed by atoms with Crippen molar-refractivity contribution in [1.82, 2.24) is 13.9 Å². The number of piperidine rings is 1. The van der Waals surface area contributed by atoms with E-state index in [0.29, 0.717) is 25.9 Å². The van der Waals surface area contributed by atoms with Crippen LogP contribution in [0.2, 0.25) is 0 Å². The Morgan fingerprint density at radius 3 is 2.15 bits per heavy atom. The number of urea groups is 1. The van der Waals surface area contributed by atoms with Crippen LogP contribution in [0.25, 0.3) is 0 Å². The first-order valence-electron chi connectivity index (χ1n) is 7.92. The van der Waals surface area contributed by atoms with Crippen LogP contribution in [-0.2, 0) is 16.4 Å². The fourth-order valence-corrected chi connectivity index (χ4v) is 3.33. The summed E-state index contributed by atoms with van der Waals surface area (Å²) in [6.45, 7) is 0.681. The monoisotopic (exact) mass is 394 g/mol. The summed E-state index contributed by atoms with van der Waals surface area (Å²) in [5.74, 6) is 0. The summed E-state index contributed by atoms with van der Waals surface area (Å²) in [6.07, 6.45) is -3.52. The summed E-state index contributed by atoms with van der Waals surface area (Å²) < 4.78 is 64.8. The standard InChI is InChI=1S/C15H21F3N4O3S/c1-21(2)26(24,25)20-13-7-9-22(10-8-13)14(23)19-12-5-3-11(4-6-12)15(16,17)18/h3-6,13,20H,7-10H2,1-2H3,(H,19,23). The van der Waals surface area contributed by atoms with Gasteiger partial charge in [0.2, 0.25) is 0 Å². The maximum atomic E-state index is 12.5. The number of carbonyl (C=O) groups excluding carboxylic acids is 1. The number of hydrogen-bond acceptors (Lipinski definition) is 3. The molecule has 0 aliphatic carbocycles. The number of rotatable bonds is 4. The van der Waals surface area contributed by atoms with Crippen molar-refractivity contribution in [2.45, 2.75) is 25.1 Å². The molecule has 0 atom stereocenters. The van der Waals surface area contributed by atoms with Crippen LogP contribution < -0.4 is 10.0 Å². The molecule has 1 aromatic carbocycles. The van der Waals surface area contributed by atoms with E-state index in [-0.39, 0.29) is 11.7 Å². The van der Waals surface area contributed by atoms with Crippen LogP contribution in [0, 0.1) is 0 Å². The summed E-state index contributed by atoms with van der Waals surface area (Å²) in [7, 11) is -0.677. The SMILES string of the molecule is CN(C)S(=O)(=O)NC1CCN(C(=O)Nc2ccc(C(F)(F)F)cc2)CC1. The number of alkyl halides is 3. The summed E-state index contributed by atoms with van der Waals surface area (Å²) in [5, 5.41) is 2.54. The molecule has 1 aliphatic rings. The lowest BCUT2D eigenvalue weighted by molar-refractivity contribution is -0.137. The van der Waals surface area contributed by atoms with Crippen LogP contribution >= 0.6 is 0 Å². The van der Waals surface area contributed by atoms with Gasteiger partial charge in [-0.05, 0) is 37.1 Å². The molecule has 0 bridgehead atoms. The molecule has 2 N–H and O–H groups in total. The minimum atomic E-state index is -4.43. The minimum absolute atomic E-state index is 0.262. The second kappa shape index (κ2) is 7.80. The van der Waals surface area contributed by atoms with E-state index in [9.17, 15) is 26.4 Å². The lowest BCUT2D eigenvalue weighted by Crippen LogP contribution is -2.49. The van der Waals surface area contributed by atoms with Gasteiger partial charge in [0.15, 0.2) is 0 Å². The van der Waals surface area contributed by atoms with Crippen molar-refractivity contribution in [2.75, 3.05) is 32.5 Å².